The molecule has 0 bridgehead atoms. The minimum absolute atomic E-state index is 0. The molecule has 0 heterocycles. The zero-order valence-electron chi connectivity index (χ0n) is 9.22. The number of rotatable bonds is 7. The van der Waals surface area contributed by atoms with E-state index in [9.17, 15) is 26.1 Å². The molecule has 0 saturated heterocycles. The van der Waals surface area contributed by atoms with Gasteiger partial charge in [-0.05, 0) is 12.8 Å². The van der Waals surface area contributed by atoms with Gasteiger partial charge in [0.05, 0.1) is 10.1 Å². The Morgan fingerprint density at radius 1 is 0.938 bits per heavy atom. The number of halogens is 3. The third-order valence-electron chi connectivity index (χ3n) is 1.85. The van der Waals surface area contributed by atoms with Crippen molar-refractivity contribution >= 4 is 10.1 Å². The summed E-state index contributed by atoms with van der Waals surface area (Å²) in [6.45, 7) is 0. The van der Waals surface area contributed by atoms with Crippen molar-refractivity contribution in [1.29, 1.82) is 0 Å². The summed E-state index contributed by atoms with van der Waals surface area (Å²) in [5, 5.41) is 0. The molecule has 3 nitrogen and oxygen atoms in total. The Bertz CT molecular complexity index is 264. The fraction of sp³-hybridized carbons (Fsp3) is 1.00. The first kappa shape index (κ1) is 19.0. The molecule has 0 atom stereocenters. The van der Waals surface area contributed by atoms with E-state index in [1.54, 1.807) is 0 Å². The first-order valence-electron chi connectivity index (χ1n) is 4.71. The number of alkyl halides is 3. The summed E-state index contributed by atoms with van der Waals surface area (Å²) in [6, 6.07) is 0. The molecule has 16 heavy (non-hydrogen) atoms. The maximum atomic E-state index is 11.7. The SMILES string of the molecule is O=S(=O)([O-])CCCCCCCC(F)(F)F.[Na+]. The van der Waals surface area contributed by atoms with Gasteiger partial charge in [0.25, 0.3) is 0 Å². The van der Waals surface area contributed by atoms with Crippen LogP contribution in [-0.4, -0.2) is 24.9 Å². The van der Waals surface area contributed by atoms with E-state index in [1.165, 1.54) is 0 Å². The number of unbranched alkanes of at least 4 members (excludes halogenated alkanes) is 4. The Kier molecular flexibility index (Phi) is 10.4. The molecule has 0 radical (unpaired) electrons. The van der Waals surface area contributed by atoms with Crippen LogP contribution in [0.25, 0.3) is 0 Å². The topological polar surface area (TPSA) is 57.2 Å². The van der Waals surface area contributed by atoms with Gasteiger partial charge in [0.2, 0.25) is 0 Å². The van der Waals surface area contributed by atoms with Crippen LogP contribution < -0.4 is 29.6 Å². The van der Waals surface area contributed by atoms with Crippen molar-refractivity contribution in [3.8, 4) is 0 Å². The molecule has 0 aromatic carbocycles. The van der Waals surface area contributed by atoms with E-state index in [4.69, 9.17) is 0 Å². The molecule has 92 valence electrons. The average molecular weight is 270 g/mol. The standard InChI is InChI=1S/C8H15F3O3S.Na/c9-8(10,11)6-4-2-1-3-5-7-15(12,13)14;/h1-7H2,(H,12,13,14);/q;+1/p-1. The molecule has 0 aliphatic rings. The van der Waals surface area contributed by atoms with Gasteiger partial charge >= 0.3 is 35.7 Å². The van der Waals surface area contributed by atoms with Crippen molar-refractivity contribution in [3.63, 3.8) is 0 Å². The van der Waals surface area contributed by atoms with Crippen LogP contribution in [0.3, 0.4) is 0 Å². The fourth-order valence-corrected chi connectivity index (χ4v) is 1.69. The molecular weight excluding hydrogens is 256 g/mol. The molecule has 0 spiro atoms. The van der Waals surface area contributed by atoms with Crippen LogP contribution in [0.15, 0.2) is 0 Å². The summed E-state index contributed by atoms with van der Waals surface area (Å²) >= 11 is 0. The van der Waals surface area contributed by atoms with Crippen LogP contribution in [0.2, 0.25) is 0 Å². The Morgan fingerprint density at radius 2 is 1.38 bits per heavy atom. The van der Waals surface area contributed by atoms with Gasteiger partial charge in [0.15, 0.2) is 0 Å². The first-order chi connectivity index (χ1) is 6.71. The summed E-state index contributed by atoms with van der Waals surface area (Å²) in [5.41, 5.74) is 0. The molecule has 0 saturated carbocycles. The van der Waals surface area contributed by atoms with E-state index in [2.05, 4.69) is 0 Å². The second-order valence-corrected chi connectivity index (χ2v) is 4.92. The van der Waals surface area contributed by atoms with E-state index >= 15 is 0 Å². The zero-order chi connectivity index (χ0) is 11.9. The minimum atomic E-state index is -4.17. The minimum Gasteiger partial charge on any atom is -0.748 e. The normalized spacial score (nSPS) is 12.2. The van der Waals surface area contributed by atoms with E-state index in [-0.39, 0.29) is 42.4 Å². The Hall–Kier alpha value is 0.700. The molecular formula is C8H14F3NaO3S. The van der Waals surface area contributed by atoms with Crippen LogP contribution in [0.4, 0.5) is 13.2 Å². The molecule has 0 aliphatic heterocycles. The summed E-state index contributed by atoms with van der Waals surface area (Å²) in [7, 11) is -4.17. The monoisotopic (exact) mass is 270 g/mol. The maximum Gasteiger partial charge on any atom is 1.00 e. The van der Waals surface area contributed by atoms with Gasteiger partial charge in [-0.15, -0.1) is 0 Å². The molecule has 8 heteroatoms. The smallest absolute Gasteiger partial charge is 0.748 e. The van der Waals surface area contributed by atoms with Crippen LogP contribution in [0, 0.1) is 0 Å². The first-order valence-corrected chi connectivity index (χ1v) is 6.29. The summed E-state index contributed by atoms with van der Waals surface area (Å²) in [5.74, 6) is -0.424. The molecule has 0 rings (SSSR count). The van der Waals surface area contributed by atoms with Gasteiger partial charge in [0.1, 0.15) is 0 Å². The van der Waals surface area contributed by atoms with E-state index in [1.807, 2.05) is 0 Å². The van der Waals surface area contributed by atoms with Gasteiger partial charge in [-0.3, -0.25) is 0 Å². The van der Waals surface area contributed by atoms with E-state index in [0.29, 0.717) is 19.3 Å². The number of hydrogen-bond acceptors (Lipinski definition) is 3. The van der Waals surface area contributed by atoms with Crippen LogP contribution in [0.1, 0.15) is 38.5 Å². The molecule has 0 fully saturated rings. The summed E-state index contributed by atoms with van der Waals surface area (Å²) < 4.78 is 65.4. The third-order valence-corrected chi connectivity index (χ3v) is 2.64. The van der Waals surface area contributed by atoms with Crippen molar-refractivity contribution in [2.24, 2.45) is 0 Å². The average Bonchev–Trinajstić information content (AvgIpc) is 1.98. The second-order valence-electron chi connectivity index (χ2n) is 3.39. The van der Waals surface area contributed by atoms with Crippen molar-refractivity contribution < 1.29 is 55.7 Å². The predicted molar refractivity (Wildman–Crippen MR) is 48.3 cm³/mol. The molecule has 0 aliphatic carbocycles. The number of hydrogen-bond donors (Lipinski definition) is 0. The Balaban J connectivity index is 0. The van der Waals surface area contributed by atoms with Gasteiger partial charge < -0.3 is 4.55 Å². The van der Waals surface area contributed by atoms with Crippen molar-refractivity contribution in [3.05, 3.63) is 0 Å². The predicted octanol–water partition coefficient (Wildman–Crippen LogP) is -0.561. The summed E-state index contributed by atoms with van der Waals surface area (Å²) in [4.78, 5) is 0. The van der Waals surface area contributed by atoms with Gasteiger partial charge in [-0.25, -0.2) is 8.42 Å². The van der Waals surface area contributed by atoms with Crippen molar-refractivity contribution in [2.75, 3.05) is 5.75 Å². The molecule has 0 unspecified atom stereocenters. The molecule has 0 N–H and O–H groups in total. The maximum absolute atomic E-state index is 11.7. The van der Waals surface area contributed by atoms with Gasteiger partial charge in [-0.1, -0.05) is 19.3 Å². The largest absolute Gasteiger partial charge is 1.00 e. The zero-order valence-corrected chi connectivity index (χ0v) is 12.0. The molecule has 0 amide bonds. The van der Waals surface area contributed by atoms with E-state index in [0.717, 1.165) is 0 Å². The van der Waals surface area contributed by atoms with E-state index < -0.39 is 28.5 Å². The Labute approximate surface area is 116 Å². The quantitative estimate of drug-likeness (QED) is 0.354. The van der Waals surface area contributed by atoms with Crippen LogP contribution in [0.5, 0.6) is 0 Å². The van der Waals surface area contributed by atoms with Crippen molar-refractivity contribution in [2.45, 2.75) is 44.7 Å². The third kappa shape index (κ3) is 17.1. The molecule has 0 aromatic rings. The van der Waals surface area contributed by atoms with Crippen LogP contribution >= 0.6 is 0 Å². The van der Waals surface area contributed by atoms with Gasteiger partial charge in [-0.2, -0.15) is 13.2 Å². The molecule has 0 aromatic heterocycles. The van der Waals surface area contributed by atoms with Crippen LogP contribution in [-0.2, 0) is 10.1 Å². The fourth-order valence-electron chi connectivity index (χ4n) is 1.13. The van der Waals surface area contributed by atoms with Crippen molar-refractivity contribution in [1.82, 2.24) is 0 Å². The Morgan fingerprint density at radius 3 is 1.81 bits per heavy atom. The second kappa shape index (κ2) is 8.74. The summed E-state index contributed by atoms with van der Waals surface area (Å²) in [6.07, 6.45) is -3.18. The van der Waals surface area contributed by atoms with Gasteiger partial charge in [0, 0.05) is 12.2 Å².